The number of carbonyl (C=O) groups excluding carboxylic acids is 1. The fourth-order valence-corrected chi connectivity index (χ4v) is 4.53. The van der Waals surface area contributed by atoms with Crippen LogP contribution in [0.3, 0.4) is 0 Å². The van der Waals surface area contributed by atoms with Gasteiger partial charge < -0.3 is 9.47 Å². The third-order valence-corrected chi connectivity index (χ3v) is 5.62. The van der Waals surface area contributed by atoms with Crippen LogP contribution in [0.4, 0.5) is 0 Å². The average Bonchev–Trinajstić information content (AvgIpc) is 2.54. The van der Waals surface area contributed by atoms with Gasteiger partial charge in [-0.25, -0.2) is 0 Å². The van der Waals surface area contributed by atoms with Gasteiger partial charge in [0.15, 0.2) is 11.5 Å². The van der Waals surface area contributed by atoms with Crippen molar-refractivity contribution >= 4 is 17.4 Å². The molecular weight excluding hydrogens is 300 g/mol. The van der Waals surface area contributed by atoms with Crippen molar-refractivity contribution in [3.8, 4) is 11.5 Å². The van der Waals surface area contributed by atoms with Crippen LogP contribution < -0.4 is 9.47 Å². The van der Waals surface area contributed by atoms with Gasteiger partial charge in [0, 0.05) is 34.9 Å². The van der Waals surface area contributed by atoms with Crippen LogP contribution in [0.15, 0.2) is 18.7 Å². The smallest absolute Gasteiger partial charge is 0.165 e. The van der Waals surface area contributed by atoms with Gasteiger partial charge in [0.25, 0.3) is 0 Å². The molecule has 118 valence electrons. The van der Waals surface area contributed by atoms with Gasteiger partial charge in [-0.3, -0.25) is 4.79 Å². The van der Waals surface area contributed by atoms with E-state index in [-0.39, 0.29) is 11.2 Å². The van der Waals surface area contributed by atoms with Gasteiger partial charge in [-0.2, -0.15) is 0 Å². The molecule has 4 heteroatoms. The Labute approximate surface area is 136 Å². The lowest BCUT2D eigenvalue weighted by molar-refractivity contribution is -0.123. The molecule has 2 aliphatic carbocycles. The predicted molar refractivity (Wildman–Crippen MR) is 87.1 cm³/mol. The minimum absolute atomic E-state index is 0.282. The lowest BCUT2D eigenvalue weighted by Gasteiger charge is -2.47. The summed E-state index contributed by atoms with van der Waals surface area (Å²) in [6.07, 6.45) is 5.92. The van der Waals surface area contributed by atoms with Crippen LogP contribution >= 0.6 is 11.6 Å². The predicted octanol–water partition coefficient (Wildman–Crippen LogP) is 4.10. The maximum absolute atomic E-state index is 12.2. The van der Waals surface area contributed by atoms with Crippen LogP contribution in [0.25, 0.3) is 0 Å². The van der Waals surface area contributed by atoms with Crippen molar-refractivity contribution in [2.45, 2.75) is 37.5 Å². The Hall–Kier alpha value is -1.48. The zero-order valence-corrected chi connectivity index (χ0v) is 13.8. The highest BCUT2D eigenvalue weighted by Gasteiger charge is 2.48. The number of ether oxygens (including phenoxy) is 2. The first-order valence-corrected chi connectivity index (χ1v) is 8.04. The topological polar surface area (TPSA) is 35.5 Å². The van der Waals surface area contributed by atoms with Crippen molar-refractivity contribution in [3.05, 3.63) is 34.9 Å². The number of ketones is 1. The molecule has 1 fully saturated rings. The molecule has 1 aromatic carbocycles. The largest absolute Gasteiger partial charge is 0.493 e. The molecule has 0 aromatic heterocycles. The Morgan fingerprint density at radius 1 is 1.32 bits per heavy atom. The third kappa shape index (κ3) is 2.06. The number of rotatable bonds is 3. The molecular formula is C18H21ClO3. The van der Waals surface area contributed by atoms with Crippen LogP contribution in [0, 0.1) is 5.92 Å². The van der Waals surface area contributed by atoms with Crippen LogP contribution in [0.5, 0.6) is 11.5 Å². The Morgan fingerprint density at radius 3 is 2.68 bits per heavy atom. The van der Waals surface area contributed by atoms with E-state index < -0.39 is 0 Å². The van der Waals surface area contributed by atoms with Gasteiger partial charge in [0.05, 0.1) is 14.2 Å². The van der Waals surface area contributed by atoms with Gasteiger partial charge in [-0.05, 0) is 30.7 Å². The van der Waals surface area contributed by atoms with E-state index >= 15 is 0 Å². The van der Waals surface area contributed by atoms with Crippen molar-refractivity contribution in [3.63, 3.8) is 0 Å². The van der Waals surface area contributed by atoms with E-state index in [0.29, 0.717) is 35.3 Å². The second kappa shape index (κ2) is 5.62. The number of allylic oxidation sites excluding steroid dienone is 1. The third-order valence-electron chi connectivity index (χ3n) is 5.29. The van der Waals surface area contributed by atoms with Crippen LogP contribution in [0.1, 0.15) is 36.8 Å². The molecule has 0 aliphatic heterocycles. The van der Waals surface area contributed by atoms with E-state index in [1.54, 1.807) is 20.3 Å². The Balaban J connectivity index is 2.31. The van der Waals surface area contributed by atoms with Gasteiger partial charge in [-0.15, -0.1) is 6.58 Å². The molecule has 0 radical (unpaired) electrons. The molecule has 0 unspecified atom stereocenters. The molecule has 2 atom stereocenters. The zero-order chi connectivity index (χ0) is 15.9. The number of fused-ring (bicyclic) bond motifs is 3. The number of halogens is 1. The highest BCUT2D eigenvalue weighted by atomic mass is 35.5. The fourth-order valence-electron chi connectivity index (χ4n) is 4.24. The first-order valence-electron chi connectivity index (χ1n) is 7.66. The Bertz CT molecular complexity index is 638. The molecule has 22 heavy (non-hydrogen) atoms. The molecule has 0 bridgehead atoms. The van der Waals surface area contributed by atoms with E-state index in [0.717, 1.165) is 30.4 Å². The van der Waals surface area contributed by atoms with Gasteiger partial charge in [0.1, 0.15) is 5.78 Å². The van der Waals surface area contributed by atoms with E-state index in [1.807, 2.05) is 6.08 Å². The lowest BCUT2D eigenvalue weighted by Crippen LogP contribution is -2.43. The summed E-state index contributed by atoms with van der Waals surface area (Å²) in [4.78, 5) is 12.2. The van der Waals surface area contributed by atoms with Gasteiger partial charge in [-0.1, -0.05) is 17.7 Å². The minimum atomic E-state index is -0.383. The standard InChI is InChI=1S/C18H21ClO3/c1-4-18-10-12(20)7-5-11(18)6-8-13-14(19)9-15(21-2)17(22-3)16(13)18/h4,9,11H,1,5-8,10H2,2-3H3/t11-,18-/m1/s1. The number of carbonyl (C=O) groups is 1. The quantitative estimate of drug-likeness (QED) is 0.787. The monoisotopic (exact) mass is 320 g/mol. The number of Topliss-reactive ketones (excluding diaryl/α,β-unsaturated/α-hetero) is 1. The molecule has 2 aliphatic rings. The number of benzene rings is 1. The highest BCUT2D eigenvalue weighted by molar-refractivity contribution is 6.31. The molecule has 0 spiro atoms. The zero-order valence-electron chi connectivity index (χ0n) is 13.1. The number of methoxy groups -OCH3 is 2. The number of hydrogen-bond donors (Lipinski definition) is 0. The summed E-state index contributed by atoms with van der Waals surface area (Å²) in [5, 5.41) is 0.686. The second-order valence-corrected chi connectivity index (χ2v) is 6.59. The molecule has 3 nitrogen and oxygen atoms in total. The van der Waals surface area contributed by atoms with Crippen LogP contribution in [-0.4, -0.2) is 20.0 Å². The SMILES string of the molecule is C=C[C@@]12CC(=O)CC[C@@H]1CCc1c(Cl)cc(OC)c(OC)c12. The fraction of sp³-hybridized carbons (Fsp3) is 0.500. The molecule has 0 amide bonds. The molecule has 0 saturated heterocycles. The Morgan fingerprint density at radius 2 is 2.05 bits per heavy atom. The lowest BCUT2D eigenvalue weighted by atomic mass is 9.56. The van der Waals surface area contributed by atoms with E-state index in [4.69, 9.17) is 21.1 Å². The molecule has 0 heterocycles. The Kier molecular flexibility index (Phi) is 3.94. The normalized spacial score (nSPS) is 26.9. The first-order chi connectivity index (χ1) is 10.6. The molecule has 0 N–H and O–H groups in total. The maximum atomic E-state index is 12.2. The van der Waals surface area contributed by atoms with Crippen molar-refractivity contribution in [2.75, 3.05) is 14.2 Å². The van der Waals surface area contributed by atoms with Crippen LogP contribution in [0.2, 0.25) is 5.02 Å². The molecule has 3 rings (SSSR count). The van der Waals surface area contributed by atoms with Crippen molar-refractivity contribution in [1.29, 1.82) is 0 Å². The van der Waals surface area contributed by atoms with E-state index in [1.165, 1.54) is 0 Å². The van der Waals surface area contributed by atoms with Crippen molar-refractivity contribution < 1.29 is 14.3 Å². The molecule has 1 saturated carbocycles. The summed E-state index contributed by atoms with van der Waals surface area (Å²) < 4.78 is 11.1. The summed E-state index contributed by atoms with van der Waals surface area (Å²) in [5.74, 6) is 2.00. The van der Waals surface area contributed by atoms with E-state index in [9.17, 15) is 4.79 Å². The first kappa shape index (κ1) is 15.4. The second-order valence-electron chi connectivity index (χ2n) is 6.18. The van der Waals surface area contributed by atoms with E-state index in [2.05, 4.69) is 6.58 Å². The maximum Gasteiger partial charge on any atom is 0.165 e. The average molecular weight is 321 g/mol. The highest BCUT2D eigenvalue weighted by Crippen LogP contribution is 2.56. The van der Waals surface area contributed by atoms with Crippen molar-refractivity contribution in [2.24, 2.45) is 5.92 Å². The molecule has 1 aromatic rings. The summed E-state index contributed by atoms with van der Waals surface area (Å²) in [6, 6.07) is 1.81. The summed E-state index contributed by atoms with van der Waals surface area (Å²) in [7, 11) is 3.24. The van der Waals surface area contributed by atoms with Gasteiger partial charge in [0.2, 0.25) is 0 Å². The van der Waals surface area contributed by atoms with Gasteiger partial charge >= 0.3 is 0 Å². The van der Waals surface area contributed by atoms with Crippen molar-refractivity contribution in [1.82, 2.24) is 0 Å². The van der Waals surface area contributed by atoms with Crippen LogP contribution in [-0.2, 0) is 16.6 Å². The summed E-state index contributed by atoms with van der Waals surface area (Å²) in [6.45, 7) is 4.06. The summed E-state index contributed by atoms with van der Waals surface area (Å²) in [5.41, 5.74) is 1.70. The number of hydrogen-bond acceptors (Lipinski definition) is 3. The summed E-state index contributed by atoms with van der Waals surface area (Å²) >= 11 is 6.49. The minimum Gasteiger partial charge on any atom is -0.493 e.